The van der Waals surface area contributed by atoms with Crippen LogP contribution in [0.3, 0.4) is 0 Å². The molecule has 1 aliphatic rings. The summed E-state index contributed by atoms with van der Waals surface area (Å²) in [5.41, 5.74) is 9.67. The molecule has 0 bridgehead atoms. The van der Waals surface area contributed by atoms with Crippen molar-refractivity contribution in [1.29, 1.82) is 0 Å². The first-order valence-electron chi connectivity index (χ1n) is 5.80. The lowest BCUT2D eigenvalue weighted by molar-refractivity contribution is 0.620. The van der Waals surface area contributed by atoms with Crippen molar-refractivity contribution >= 4 is 11.0 Å². The van der Waals surface area contributed by atoms with Gasteiger partial charge in [0.25, 0.3) is 0 Å². The first-order valence-corrected chi connectivity index (χ1v) is 5.80. The molecule has 0 radical (unpaired) electrons. The highest BCUT2D eigenvalue weighted by molar-refractivity contribution is 5.79. The Morgan fingerprint density at radius 3 is 2.75 bits per heavy atom. The monoisotopic (exact) mass is 215 g/mol. The molecule has 1 fully saturated rings. The molecule has 0 atom stereocenters. The number of nitrogens with zero attached hydrogens (tertiary/aromatic N) is 2. The molecule has 0 unspecified atom stereocenters. The molecule has 1 heterocycles. The van der Waals surface area contributed by atoms with Crippen LogP contribution >= 0.6 is 0 Å². The van der Waals surface area contributed by atoms with Gasteiger partial charge >= 0.3 is 0 Å². The fourth-order valence-electron chi connectivity index (χ4n) is 2.61. The summed E-state index contributed by atoms with van der Waals surface area (Å²) in [6, 6.07) is 6.28. The molecule has 0 amide bonds. The van der Waals surface area contributed by atoms with Crippen molar-refractivity contribution in [1.82, 2.24) is 9.55 Å². The van der Waals surface area contributed by atoms with Crippen molar-refractivity contribution in [3.8, 4) is 0 Å². The van der Waals surface area contributed by atoms with Gasteiger partial charge < -0.3 is 10.3 Å². The second-order valence-electron chi connectivity index (χ2n) is 4.92. The SMILES string of the molecule is Cc1cccc2nc(C3(CN)CC3)n(C)c12. The number of aryl methyl sites for hydroxylation is 2. The number of fused-ring (bicyclic) bond motifs is 1. The molecule has 1 saturated carbocycles. The van der Waals surface area contributed by atoms with Gasteiger partial charge in [-0.15, -0.1) is 0 Å². The van der Waals surface area contributed by atoms with E-state index in [1.54, 1.807) is 0 Å². The minimum Gasteiger partial charge on any atom is -0.330 e. The van der Waals surface area contributed by atoms with E-state index < -0.39 is 0 Å². The molecule has 16 heavy (non-hydrogen) atoms. The number of nitrogens with two attached hydrogens (primary N) is 1. The number of hydrogen-bond acceptors (Lipinski definition) is 2. The van der Waals surface area contributed by atoms with Gasteiger partial charge in [-0.1, -0.05) is 12.1 Å². The summed E-state index contributed by atoms with van der Waals surface area (Å²) in [5, 5.41) is 0. The van der Waals surface area contributed by atoms with Crippen molar-refractivity contribution in [2.45, 2.75) is 25.2 Å². The molecule has 3 rings (SSSR count). The lowest BCUT2D eigenvalue weighted by Gasteiger charge is -2.12. The molecule has 0 saturated heterocycles. The van der Waals surface area contributed by atoms with Gasteiger partial charge in [-0.05, 0) is 31.4 Å². The highest BCUT2D eigenvalue weighted by Crippen LogP contribution is 2.47. The molecule has 1 aliphatic carbocycles. The minimum absolute atomic E-state index is 0.167. The van der Waals surface area contributed by atoms with Crippen LogP contribution in [0.2, 0.25) is 0 Å². The molecular weight excluding hydrogens is 198 g/mol. The van der Waals surface area contributed by atoms with Crippen LogP contribution in [0.1, 0.15) is 24.2 Å². The zero-order valence-corrected chi connectivity index (χ0v) is 9.83. The smallest absolute Gasteiger partial charge is 0.117 e. The fraction of sp³-hybridized carbons (Fsp3) is 0.462. The maximum atomic E-state index is 5.88. The Morgan fingerprint density at radius 1 is 1.44 bits per heavy atom. The van der Waals surface area contributed by atoms with Gasteiger partial charge in [0.05, 0.1) is 11.0 Å². The van der Waals surface area contributed by atoms with E-state index in [9.17, 15) is 0 Å². The van der Waals surface area contributed by atoms with Crippen LogP contribution in [0.15, 0.2) is 18.2 Å². The average Bonchev–Trinajstić information content (AvgIpc) is 2.99. The van der Waals surface area contributed by atoms with E-state index in [1.165, 1.54) is 29.7 Å². The molecule has 3 nitrogen and oxygen atoms in total. The maximum absolute atomic E-state index is 5.88. The van der Waals surface area contributed by atoms with Gasteiger partial charge in [0.15, 0.2) is 0 Å². The molecule has 84 valence electrons. The van der Waals surface area contributed by atoms with Crippen molar-refractivity contribution in [2.24, 2.45) is 12.8 Å². The molecule has 2 aromatic rings. The average molecular weight is 215 g/mol. The van der Waals surface area contributed by atoms with Crippen molar-refractivity contribution in [3.63, 3.8) is 0 Å². The topological polar surface area (TPSA) is 43.8 Å². The summed E-state index contributed by atoms with van der Waals surface area (Å²) in [5.74, 6) is 1.17. The zero-order valence-electron chi connectivity index (χ0n) is 9.83. The molecule has 0 spiro atoms. The van der Waals surface area contributed by atoms with Crippen LogP contribution in [0.25, 0.3) is 11.0 Å². The third kappa shape index (κ3) is 1.15. The highest BCUT2D eigenvalue weighted by Gasteiger charge is 2.46. The summed E-state index contributed by atoms with van der Waals surface area (Å²) in [6.07, 6.45) is 2.36. The first kappa shape index (κ1) is 9.85. The number of imidazole rings is 1. The number of benzene rings is 1. The van der Waals surface area contributed by atoms with Gasteiger partial charge in [0.2, 0.25) is 0 Å². The third-order valence-corrected chi connectivity index (χ3v) is 3.81. The number of para-hydroxylation sites is 1. The second kappa shape index (κ2) is 3.08. The van der Waals surface area contributed by atoms with Gasteiger partial charge in [0, 0.05) is 19.0 Å². The van der Waals surface area contributed by atoms with Crippen LogP contribution in [0.4, 0.5) is 0 Å². The van der Waals surface area contributed by atoms with Crippen LogP contribution in [0.5, 0.6) is 0 Å². The van der Waals surface area contributed by atoms with Crippen molar-refractivity contribution in [2.75, 3.05) is 6.54 Å². The summed E-state index contributed by atoms with van der Waals surface area (Å²) >= 11 is 0. The van der Waals surface area contributed by atoms with Crippen molar-refractivity contribution < 1.29 is 0 Å². The Morgan fingerprint density at radius 2 is 2.19 bits per heavy atom. The van der Waals surface area contributed by atoms with Crippen molar-refractivity contribution in [3.05, 3.63) is 29.6 Å². The number of rotatable bonds is 2. The Kier molecular flexibility index (Phi) is 1.89. The standard InChI is InChI=1S/C13H17N3/c1-9-4-3-5-10-11(9)16(2)12(15-10)13(8-14)6-7-13/h3-5H,6-8,14H2,1-2H3. The van der Waals surface area contributed by atoms with Gasteiger partial charge in [-0.25, -0.2) is 4.98 Å². The first-order chi connectivity index (χ1) is 7.68. The fourth-order valence-corrected chi connectivity index (χ4v) is 2.61. The van der Waals surface area contributed by atoms with Crippen LogP contribution in [-0.4, -0.2) is 16.1 Å². The summed E-state index contributed by atoms with van der Waals surface area (Å²) in [4.78, 5) is 4.76. The summed E-state index contributed by atoms with van der Waals surface area (Å²) in [6.45, 7) is 2.85. The van der Waals surface area contributed by atoms with Crippen LogP contribution in [-0.2, 0) is 12.5 Å². The Bertz CT molecular complexity index is 550. The van der Waals surface area contributed by atoms with E-state index >= 15 is 0 Å². The summed E-state index contributed by atoms with van der Waals surface area (Å²) < 4.78 is 2.23. The minimum atomic E-state index is 0.167. The lowest BCUT2D eigenvalue weighted by Crippen LogP contribution is -2.23. The second-order valence-corrected chi connectivity index (χ2v) is 4.92. The predicted molar refractivity (Wildman–Crippen MR) is 65.4 cm³/mol. The Labute approximate surface area is 95.3 Å². The predicted octanol–water partition coefficient (Wildman–Crippen LogP) is 1.87. The van der Waals surface area contributed by atoms with E-state index in [1.807, 2.05) is 0 Å². The maximum Gasteiger partial charge on any atom is 0.117 e. The van der Waals surface area contributed by atoms with E-state index in [4.69, 9.17) is 10.7 Å². The van der Waals surface area contributed by atoms with Gasteiger partial charge in [0.1, 0.15) is 5.82 Å². The molecule has 1 aromatic heterocycles. The van der Waals surface area contributed by atoms with Gasteiger partial charge in [-0.2, -0.15) is 0 Å². The molecule has 3 heteroatoms. The Balaban J connectivity index is 2.28. The van der Waals surface area contributed by atoms with Crippen LogP contribution in [0, 0.1) is 6.92 Å². The highest BCUT2D eigenvalue weighted by atomic mass is 15.1. The van der Waals surface area contributed by atoms with E-state index in [2.05, 4.69) is 36.7 Å². The quantitative estimate of drug-likeness (QED) is 0.831. The lowest BCUT2D eigenvalue weighted by atomic mass is 10.1. The summed E-state index contributed by atoms with van der Waals surface area (Å²) in [7, 11) is 2.10. The van der Waals surface area contributed by atoms with E-state index in [-0.39, 0.29) is 5.41 Å². The van der Waals surface area contributed by atoms with E-state index in [0.29, 0.717) is 6.54 Å². The van der Waals surface area contributed by atoms with E-state index in [0.717, 1.165) is 5.52 Å². The third-order valence-electron chi connectivity index (χ3n) is 3.81. The van der Waals surface area contributed by atoms with Crippen LogP contribution < -0.4 is 5.73 Å². The zero-order chi connectivity index (χ0) is 11.3. The molecular formula is C13H17N3. The molecule has 2 N–H and O–H groups in total. The number of hydrogen-bond donors (Lipinski definition) is 1. The number of aromatic nitrogens is 2. The molecule has 0 aliphatic heterocycles. The van der Waals surface area contributed by atoms with Gasteiger partial charge in [-0.3, -0.25) is 0 Å². The molecule has 1 aromatic carbocycles. The normalized spacial score (nSPS) is 17.9. The Hall–Kier alpha value is -1.35. The largest absolute Gasteiger partial charge is 0.330 e.